The molecular weight excluding hydrogens is 312 g/mol. The number of carbonyl (C=O) groups is 2. The summed E-state index contributed by atoms with van der Waals surface area (Å²) in [5.74, 6) is -0.384. The lowest BCUT2D eigenvalue weighted by molar-refractivity contribution is -0.752. The highest BCUT2D eigenvalue weighted by molar-refractivity contribution is 5.71. The molecule has 0 aliphatic carbocycles. The second-order valence-electron chi connectivity index (χ2n) is 5.07. The third kappa shape index (κ3) is 6.91. The van der Waals surface area contributed by atoms with E-state index in [-0.39, 0.29) is 18.3 Å². The molecule has 0 saturated heterocycles. The maximum atomic E-state index is 10.4. The number of aromatic nitrogens is 4. The van der Waals surface area contributed by atoms with Crippen LogP contribution in [-0.4, -0.2) is 39.2 Å². The van der Waals surface area contributed by atoms with Crippen LogP contribution in [0.1, 0.15) is 20.3 Å². The van der Waals surface area contributed by atoms with E-state index in [1.807, 2.05) is 6.07 Å². The van der Waals surface area contributed by atoms with Gasteiger partial charge in [-0.2, -0.15) is 0 Å². The molecule has 8 nitrogen and oxygen atoms in total. The van der Waals surface area contributed by atoms with Crippen LogP contribution in [0, 0.1) is 5.92 Å². The number of esters is 1. The topological polar surface area (TPSA) is 106 Å². The number of carboxylic acids is 1. The van der Waals surface area contributed by atoms with Crippen molar-refractivity contribution >= 4 is 11.9 Å². The number of carboxylic acid groups (broad SMARTS) is 1. The van der Waals surface area contributed by atoms with Crippen LogP contribution in [0.5, 0.6) is 0 Å². The number of rotatable bonds is 5. The minimum absolute atomic E-state index is 0.00463. The van der Waals surface area contributed by atoms with Crippen LogP contribution in [0.25, 0.3) is 11.4 Å². The zero-order valence-electron chi connectivity index (χ0n) is 13.9. The van der Waals surface area contributed by atoms with E-state index in [0.29, 0.717) is 12.4 Å². The largest absolute Gasteiger partial charge is 0.481 e. The lowest BCUT2D eigenvalue weighted by Crippen LogP contribution is -2.38. The van der Waals surface area contributed by atoms with Crippen LogP contribution in [-0.2, 0) is 20.9 Å². The van der Waals surface area contributed by atoms with E-state index in [4.69, 9.17) is 5.11 Å². The van der Waals surface area contributed by atoms with Gasteiger partial charge in [-0.1, -0.05) is 18.5 Å². The number of ether oxygens (including phenoxy) is 1. The SMILES string of the molecule is COC(=O)C(C)C.O=C(O)CC[n+]1ccc(-c2ncccn2)cn1. The molecule has 0 aliphatic rings. The van der Waals surface area contributed by atoms with E-state index in [2.05, 4.69) is 19.8 Å². The first-order chi connectivity index (χ1) is 11.4. The molecule has 0 aromatic carbocycles. The van der Waals surface area contributed by atoms with Gasteiger partial charge in [-0.3, -0.25) is 9.59 Å². The van der Waals surface area contributed by atoms with Gasteiger partial charge in [0.1, 0.15) is 12.6 Å². The molecule has 2 heterocycles. The molecule has 0 amide bonds. The summed E-state index contributed by atoms with van der Waals surface area (Å²) >= 11 is 0. The number of hydrogen-bond donors (Lipinski definition) is 1. The molecule has 2 aromatic heterocycles. The van der Waals surface area contributed by atoms with Crippen LogP contribution >= 0.6 is 0 Å². The first-order valence-corrected chi connectivity index (χ1v) is 7.36. The Morgan fingerprint density at radius 2 is 1.96 bits per heavy atom. The van der Waals surface area contributed by atoms with E-state index < -0.39 is 5.97 Å². The molecular formula is C16H21N4O4+. The fourth-order valence-electron chi connectivity index (χ4n) is 1.54. The minimum Gasteiger partial charge on any atom is -0.481 e. The summed E-state index contributed by atoms with van der Waals surface area (Å²) in [6.45, 7) is 3.95. The third-order valence-corrected chi connectivity index (χ3v) is 2.82. The van der Waals surface area contributed by atoms with Crippen molar-refractivity contribution in [1.82, 2.24) is 15.1 Å². The highest BCUT2D eigenvalue weighted by Crippen LogP contribution is 2.09. The maximum Gasteiger partial charge on any atom is 0.309 e. The summed E-state index contributed by atoms with van der Waals surface area (Å²) in [5.41, 5.74) is 0.803. The fourth-order valence-corrected chi connectivity index (χ4v) is 1.54. The predicted molar refractivity (Wildman–Crippen MR) is 84.6 cm³/mol. The second kappa shape index (κ2) is 9.98. The Morgan fingerprint density at radius 1 is 1.29 bits per heavy atom. The van der Waals surface area contributed by atoms with E-state index in [9.17, 15) is 9.59 Å². The number of nitrogens with zero attached hydrogens (tertiary/aromatic N) is 4. The van der Waals surface area contributed by atoms with Crippen molar-refractivity contribution in [3.05, 3.63) is 36.9 Å². The molecule has 24 heavy (non-hydrogen) atoms. The van der Waals surface area contributed by atoms with Gasteiger partial charge in [-0.05, 0) is 11.2 Å². The molecule has 0 bridgehead atoms. The van der Waals surface area contributed by atoms with Crippen LogP contribution in [0.3, 0.4) is 0 Å². The first-order valence-electron chi connectivity index (χ1n) is 7.36. The molecule has 0 unspecified atom stereocenters. The van der Waals surface area contributed by atoms with Crippen molar-refractivity contribution in [3.63, 3.8) is 0 Å². The van der Waals surface area contributed by atoms with Crippen molar-refractivity contribution in [2.24, 2.45) is 5.92 Å². The Hall–Kier alpha value is -2.90. The summed E-state index contributed by atoms with van der Waals surface area (Å²) in [7, 11) is 1.39. The fraction of sp³-hybridized carbons (Fsp3) is 0.375. The third-order valence-electron chi connectivity index (χ3n) is 2.82. The van der Waals surface area contributed by atoms with Gasteiger partial charge < -0.3 is 9.84 Å². The second-order valence-corrected chi connectivity index (χ2v) is 5.07. The summed E-state index contributed by atoms with van der Waals surface area (Å²) in [4.78, 5) is 28.9. The Kier molecular flexibility index (Phi) is 7.97. The lowest BCUT2D eigenvalue weighted by Gasteiger charge is -1.97. The van der Waals surface area contributed by atoms with Crippen molar-refractivity contribution in [1.29, 1.82) is 0 Å². The molecule has 0 radical (unpaired) electrons. The monoisotopic (exact) mass is 333 g/mol. The Morgan fingerprint density at radius 3 is 2.38 bits per heavy atom. The van der Waals surface area contributed by atoms with Gasteiger partial charge in [-0.15, -0.1) is 0 Å². The molecule has 0 fully saturated rings. The quantitative estimate of drug-likeness (QED) is 0.645. The molecule has 0 spiro atoms. The van der Waals surface area contributed by atoms with Crippen LogP contribution in [0.4, 0.5) is 0 Å². The van der Waals surface area contributed by atoms with E-state index in [0.717, 1.165) is 5.56 Å². The average Bonchev–Trinajstić information content (AvgIpc) is 2.61. The molecule has 2 aromatic rings. The number of aliphatic carboxylic acids is 1. The highest BCUT2D eigenvalue weighted by Gasteiger charge is 2.08. The molecule has 0 aliphatic heterocycles. The van der Waals surface area contributed by atoms with E-state index in [1.54, 1.807) is 49.4 Å². The predicted octanol–water partition coefficient (Wildman–Crippen LogP) is 1.12. The lowest BCUT2D eigenvalue weighted by atomic mass is 10.2. The van der Waals surface area contributed by atoms with Gasteiger partial charge in [0, 0.05) is 24.0 Å². The van der Waals surface area contributed by atoms with E-state index >= 15 is 0 Å². The molecule has 8 heteroatoms. The molecule has 1 N–H and O–H groups in total. The Labute approximate surface area is 140 Å². The smallest absolute Gasteiger partial charge is 0.309 e. The molecule has 0 atom stereocenters. The van der Waals surface area contributed by atoms with Gasteiger partial charge in [0.05, 0.1) is 13.0 Å². The number of hydrogen-bond acceptors (Lipinski definition) is 6. The Bertz CT molecular complexity index is 645. The van der Waals surface area contributed by atoms with Crippen LogP contribution in [0.15, 0.2) is 36.9 Å². The number of methoxy groups -OCH3 is 1. The molecule has 0 saturated carbocycles. The van der Waals surface area contributed by atoms with Crippen LogP contribution in [0.2, 0.25) is 0 Å². The number of carbonyl (C=O) groups excluding carboxylic acids is 1. The molecule has 2 rings (SSSR count). The van der Waals surface area contributed by atoms with Crippen molar-refractivity contribution < 1.29 is 24.1 Å². The summed E-state index contributed by atoms with van der Waals surface area (Å²) < 4.78 is 5.94. The van der Waals surface area contributed by atoms with Crippen molar-refractivity contribution in [3.8, 4) is 11.4 Å². The summed E-state index contributed by atoms with van der Waals surface area (Å²) in [5, 5.41) is 12.6. The van der Waals surface area contributed by atoms with Crippen molar-refractivity contribution in [2.75, 3.05) is 7.11 Å². The van der Waals surface area contributed by atoms with Gasteiger partial charge in [0.15, 0.2) is 18.6 Å². The van der Waals surface area contributed by atoms with Gasteiger partial charge in [0.25, 0.3) is 0 Å². The minimum atomic E-state index is -0.838. The summed E-state index contributed by atoms with van der Waals surface area (Å²) in [6.07, 6.45) is 6.71. The normalized spacial score (nSPS) is 9.83. The highest BCUT2D eigenvalue weighted by atomic mass is 16.5. The van der Waals surface area contributed by atoms with Crippen molar-refractivity contribution in [2.45, 2.75) is 26.8 Å². The standard InChI is InChI=1S/C11H10N4O2.C5H10O2/c16-10(17)3-7-15-6-2-9(8-14-15)11-12-4-1-5-13-11;1-4(2)5(6)7-3/h1-2,4-6,8H,3,7H2;4H,1-3H3/p+1. The van der Waals surface area contributed by atoms with Crippen LogP contribution < -0.4 is 4.68 Å². The average molecular weight is 333 g/mol. The first kappa shape index (κ1) is 19.1. The zero-order chi connectivity index (χ0) is 17.9. The maximum absolute atomic E-state index is 10.4. The Balaban J connectivity index is 0.000000351. The number of aryl methyl sites for hydroxylation is 1. The van der Waals surface area contributed by atoms with Gasteiger partial charge in [-0.25, -0.2) is 9.97 Å². The van der Waals surface area contributed by atoms with E-state index in [1.165, 1.54) is 7.11 Å². The molecule has 128 valence electrons. The zero-order valence-corrected chi connectivity index (χ0v) is 13.9. The summed E-state index contributed by atoms with van der Waals surface area (Å²) in [6, 6.07) is 3.55. The van der Waals surface area contributed by atoms with Gasteiger partial charge >= 0.3 is 11.9 Å². The van der Waals surface area contributed by atoms with Gasteiger partial charge in [0.2, 0.25) is 0 Å².